The number of hydrogen-bond donors (Lipinski definition) is 3. The van der Waals surface area contributed by atoms with Crippen LogP contribution in [0, 0.1) is 0 Å². The molecule has 0 heterocycles. The molecular weight excluding hydrogens is 209 g/mol. The van der Waals surface area contributed by atoms with Crippen LogP contribution in [0.3, 0.4) is 0 Å². The van der Waals surface area contributed by atoms with Gasteiger partial charge in [-0.2, -0.15) is 0 Å². The van der Waals surface area contributed by atoms with Gasteiger partial charge in [-0.1, -0.05) is 30.3 Å². The lowest BCUT2D eigenvalue weighted by Gasteiger charge is -2.18. The Morgan fingerprint density at radius 1 is 1.44 bits per heavy atom. The highest BCUT2D eigenvalue weighted by Crippen LogP contribution is 2.04. The summed E-state index contributed by atoms with van der Waals surface area (Å²) in [6.07, 6.45) is -0.377. The Labute approximate surface area is 94.2 Å². The van der Waals surface area contributed by atoms with Gasteiger partial charge in [0.1, 0.15) is 6.23 Å². The highest BCUT2D eigenvalue weighted by atomic mass is 16.6. The zero-order valence-electron chi connectivity index (χ0n) is 8.96. The summed E-state index contributed by atoms with van der Waals surface area (Å²) in [5.74, 6) is -0.290. The van der Waals surface area contributed by atoms with Gasteiger partial charge in [-0.05, 0) is 5.56 Å². The predicted octanol–water partition coefficient (Wildman–Crippen LogP) is -0.323. The molecule has 6 heteroatoms. The van der Waals surface area contributed by atoms with Crippen molar-refractivity contribution >= 4 is 13.2 Å². The van der Waals surface area contributed by atoms with Crippen LogP contribution in [0.25, 0.3) is 0 Å². The van der Waals surface area contributed by atoms with Crippen molar-refractivity contribution < 1.29 is 19.5 Å². The molecule has 0 aromatic heterocycles. The first-order valence-electron chi connectivity index (χ1n) is 4.90. The third-order valence-electron chi connectivity index (χ3n) is 1.91. The molecule has 0 saturated heterocycles. The second-order valence-corrected chi connectivity index (χ2v) is 3.34. The van der Waals surface area contributed by atoms with Crippen LogP contribution in [-0.2, 0) is 15.9 Å². The second-order valence-electron chi connectivity index (χ2n) is 3.34. The van der Waals surface area contributed by atoms with Crippen LogP contribution in [0.15, 0.2) is 30.3 Å². The number of carbonyl (C=O) groups is 1. The van der Waals surface area contributed by atoms with Gasteiger partial charge in [-0.25, -0.2) is 0 Å². The maximum absolute atomic E-state index is 10.9. The molecule has 0 spiro atoms. The summed E-state index contributed by atoms with van der Waals surface area (Å²) in [5, 5.41) is 19.9. The van der Waals surface area contributed by atoms with Crippen LogP contribution < -0.4 is 5.32 Å². The Hall–Kier alpha value is -1.37. The van der Waals surface area contributed by atoms with Gasteiger partial charge >= 0.3 is 7.32 Å². The Morgan fingerprint density at radius 3 is 2.56 bits per heavy atom. The topological polar surface area (TPSA) is 78.8 Å². The number of rotatable bonds is 5. The van der Waals surface area contributed by atoms with Gasteiger partial charge < -0.3 is 20.0 Å². The zero-order chi connectivity index (χ0) is 12.0. The Kier molecular flexibility index (Phi) is 4.98. The van der Waals surface area contributed by atoms with Crippen LogP contribution >= 0.6 is 0 Å². The van der Waals surface area contributed by atoms with Gasteiger partial charge in [0.05, 0.1) is 0 Å². The van der Waals surface area contributed by atoms with E-state index in [1.165, 1.54) is 6.92 Å². The molecule has 3 N–H and O–H groups in total. The summed E-state index contributed by atoms with van der Waals surface area (Å²) < 4.78 is 4.74. The predicted molar refractivity (Wildman–Crippen MR) is 59.0 cm³/mol. The SMILES string of the molecule is CC(=O)NC(Cc1ccccc1)OB(O)O. The first kappa shape index (κ1) is 12.7. The Balaban J connectivity index is 2.59. The van der Waals surface area contributed by atoms with Gasteiger partial charge in [-0.15, -0.1) is 0 Å². The smallest absolute Gasteiger partial charge is 0.402 e. The van der Waals surface area contributed by atoms with Gasteiger partial charge in [0.25, 0.3) is 0 Å². The molecule has 16 heavy (non-hydrogen) atoms. The minimum atomic E-state index is -1.90. The average Bonchev–Trinajstić information content (AvgIpc) is 2.16. The van der Waals surface area contributed by atoms with Crippen molar-refractivity contribution in [3.8, 4) is 0 Å². The van der Waals surface area contributed by atoms with Crippen LogP contribution in [0.5, 0.6) is 0 Å². The number of amides is 1. The molecule has 0 fully saturated rings. The average molecular weight is 223 g/mol. The normalized spacial score (nSPS) is 11.9. The van der Waals surface area contributed by atoms with E-state index in [-0.39, 0.29) is 5.91 Å². The van der Waals surface area contributed by atoms with Gasteiger partial charge in [0, 0.05) is 13.3 Å². The van der Waals surface area contributed by atoms with Crippen molar-refractivity contribution in [2.75, 3.05) is 0 Å². The van der Waals surface area contributed by atoms with E-state index in [1.54, 1.807) is 0 Å². The molecule has 1 aromatic rings. The van der Waals surface area contributed by atoms with E-state index in [9.17, 15) is 4.79 Å². The van der Waals surface area contributed by atoms with Crippen molar-refractivity contribution in [1.29, 1.82) is 0 Å². The summed E-state index contributed by atoms with van der Waals surface area (Å²) in [4.78, 5) is 10.9. The lowest BCUT2D eigenvalue weighted by molar-refractivity contribution is -0.121. The molecule has 0 aliphatic rings. The number of hydrogen-bond acceptors (Lipinski definition) is 4. The fourth-order valence-corrected chi connectivity index (χ4v) is 1.33. The van der Waals surface area contributed by atoms with Crippen LogP contribution in [0.4, 0.5) is 0 Å². The molecule has 1 amide bonds. The summed E-state index contributed by atoms with van der Waals surface area (Å²) in [5.41, 5.74) is 0.932. The summed E-state index contributed by atoms with van der Waals surface area (Å²) in [7, 11) is -1.90. The van der Waals surface area contributed by atoms with Gasteiger partial charge in [-0.3, -0.25) is 4.79 Å². The fraction of sp³-hybridized carbons (Fsp3) is 0.300. The van der Waals surface area contributed by atoms with E-state index in [0.29, 0.717) is 6.42 Å². The molecule has 5 nitrogen and oxygen atoms in total. The van der Waals surface area contributed by atoms with Crippen molar-refractivity contribution in [1.82, 2.24) is 5.32 Å². The minimum absolute atomic E-state index is 0.290. The first-order chi connectivity index (χ1) is 7.58. The van der Waals surface area contributed by atoms with Gasteiger partial charge in [0.2, 0.25) is 5.91 Å². The zero-order valence-corrected chi connectivity index (χ0v) is 8.96. The molecule has 0 aliphatic carbocycles. The van der Waals surface area contributed by atoms with Gasteiger partial charge in [0.15, 0.2) is 0 Å². The Morgan fingerprint density at radius 2 is 2.06 bits per heavy atom. The molecule has 1 unspecified atom stereocenters. The van der Waals surface area contributed by atoms with E-state index in [0.717, 1.165) is 5.56 Å². The van der Waals surface area contributed by atoms with Crippen molar-refractivity contribution in [3.63, 3.8) is 0 Å². The molecule has 1 rings (SSSR count). The lowest BCUT2D eigenvalue weighted by Crippen LogP contribution is -2.41. The number of nitrogens with one attached hydrogen (secondary N) is 1. The monoisotopic (exact) mass is 223 g/mol. The van der Waals surface area contributed by atoms with E-state index < -0.39 is 13.5 Å². The third-order valence-corrected chi connectivity index (χ3v) is 1.91. The molecule has 0 saturated carbocycles. The summed E-state index contributed by atoms with van der Waals surface area (Å²) in [6.45, 7) is 1.34. The van der Waals surface area contributed by atoms with Crippen LogP contribution in [0.1, 0.15) is 12.5 Å². The molecule has 0 bridgehead atoms. The molecular formula is C10H14BNO4. The maximum Gasteiger partial charge on any atom is 0.635 e. The van der Waals surface area contributed by atoms with E-state index in [2.05, 4.69) is 5.32 Å². The second kappa shape index (κ2) is 6.27. The van der Waals surface area contributed by atoms with E-state index >= 15 is 0 Å². The molecule has 1 atom stereocenters. The molecule has 86 valence electrons. The first-order valence-corrected chi connectivity index (χ1v) is 4.90. The highest BCUT2D eigenvalue weighted by molar-refractivity contribution is 6.32. The summed E-state index contributed by atoms with van der Waals surface area (Å²) in [6, 6.07) is 9.31. The molecule has 0 aliphatic heterocycles. The lowest BCUT2D eigenvalue weighted by atomic mass is 10.1. The van der Waals surface area contributed by atoms with E-state index in [1.807, 2.05) is 30.3 Å². The van der Waals surface area contributed by atoms with E-state index in [4.69, 9.17) is 14.7 Å². The molecule has 1 aromatic carbocycles. The van der Waals surface area contributed by atoms with Crippen molar-refractivity contribution in [2.45, 2.75) is 19.6 Å². The minimum Gasteiger partial charge on any atom is -0.402 e. The Bertz CT molecular complexity index is 331. The molecule has 0 radical (unpaired) electrons. The van der Waals surface area contributed by atoms with Crippen LogP contribution in [0.2, 0.25) is 0 Å². The maximum atomic E-state index is 10.9. The summed E-state index contributed by atoms with van der Waals surface area (Å²) >= 11 is 0. The standard InChI is InChI=1S/C10H14BNO4/c1-8(13)12-10(16-11(14)15)7-9-5-3-2-4-6-9/h2-6,10,14-15H,7H2,1H3,(H,12,13). The number of benzene rings is 1. The number of carbonyl (C=O) groups excluding carboxylic acids is 1. The van der Waals surface area contributed by atoms with Crippen LogP contribution in [-0.4, -0.2) is 29.5 Å². The quantitative estimate of drug-likeness (QED) is 0.472. The largest absolute Gasteiger partial charge is 0.635 e. The third kappa shape index (κ3) is 4.93. The van der Waals surface area contributed by atoms with Crippen molar-refractivity contribution in [3.05, 3.63) is 35.9 Å². The van der Waals surface area contributed by atoms with Crippen molar-refractivity contribution in [2.24, 2.45) is 0 Å². The fourth-order valence-electron chi connectivity index (χ4n) is 1.33. The highest BCUT2D eigenvalue weighted by Gasteiger charge is 2.18.